The predicted molar refractivity (Wildman–Crippen MR) is 77.5 cm³/mol. The van der Waals surface area contributed by atoms with Gasteiger partial charge in [-0.2, -0.15) is 0 Å². The molecule has 0 aromatic heterocycles. The maximum absolute atomic E-state index is 9.51. The number of benzene rings is 1. The maximum atomic E-state index is 9.51. The monoisotopic (exact) mass is 264 g/mol. The number of anilines is 1. The van der Waals surface area contributed by atoms with Crippen LogP contribution in [0.2, 0.25) is 0 Å². The van der Waals surface area contributed by atoms with Gasteiger partial charge in [0.05, 0.1) is 13.2 Å². The molecule has 0 aliphatic carbocycles. The third-order valence-corrected chi connectivity index (χ3v) is 3.75. The molecule has 1 aliphatic rings. The number of β-amino-alcohol motifs (C(OH)–C–C–N with tert-alkyl or cyclic N) is 1. The summed E-state index contributed by atoms with van der Waals surface area (Å²) in [6.07, 6.45) is 1.10. The van der Waals surface area contributed by atoms with Crippen molar-refractivity contribution in [3.05, 3.63) is 29.3 Å². The fraction of sp³-hybridized carbons (Fsp3) is 0.600. The Bertz CT molecular complexity index is 409. The first-order chi connectivity index (χ1) is 9.24. The molecule has 1 fully saturated rings. The SMILES string of the molecule is Cc1ccc(N2CCCN(CCO)CC2)c(CO)c1. The molecule has 19 heavy (non-hydrogen) atoms. The zero-order valence-corrected chi connectivity index (χ0v) is 11.7. The molecule has 0 bridgehead atoms. The van der Waals surface area contributed by atoms with Gasteiger partial charge in [-0.25, -0.2) is 0 Å². The molecule has 0 atom stereocenters. The zero-order chi connectivity index (χ0) is 13.7. The molecule has 2 rings (SSSR count). The summed E-state index contributed by atoms with van der Waals surface area (Å²) in [4.78, 5) is 4.65. The van der Waals surface area contributed by atoms with Gasteiger partial charge in [-0.15, -0.1) is 0 Å². The predicted octanol–water partition coefficient (Wildman–Crippen LogP) is 0.992. The lowest BCUT2D eigenvalue weighted by molar-refractivity contribution is 0.204. The second kappa shape index (κ2) is 6.89. The van der Waals surface area contributed by atoms with Crippen molar-refractivity contribution in [2.75, 3.05) is 44.2 Å². The highest BCUT2D eigenvalue weighted by molar-refractivity contribution is 5.55. The molecule has 1 aromatic rings. The van der Waals surface area contributed by atoms with Gasteiger partial charge in [-0.05, 0) is 26.0 Å². The minimum absolute atomic E-state index is 0.0911. The standard InChI is InChI=1S/C15H24N2O2/c1-13-3-4-15(14(11-13)12-19)17-6-2-5-16(7-8-17)9-10-18/h3-4,11,18-19H,2,5-10,12H2,1H3. The second-order valence-electron chi connectivity index (χ2n) is 5.20. The molecule has 4 nitrogen and oxygen atoms in total. The van der Waals surface area contributed by atoms with Gasteiger partial charge in [-0.1, -0.05) is 17.7 Å². The van der Waals surface area contributed by atoms with Crippen molar-refractivity contribution < 1.29 is 10.2 Å². The van der Waals surface area contributed by atoms with Crippen LogP contribution in [0.3, 0.4) is 0 Å². The second-order valence-corrected chi connectivity index (χ2v) is 5.20. The number of hydrogen-bond acceptors (Lipinski definition) is 4. The molecule has 2 N–H and O–H groups in total. The summed E-state index contributed by atoms with van der Waals surface area (Å²) >= 11 is 0. The average Bonchev–Trinajstić information content (AvgIpc) is 2.65. The summed E-state index contributed by atoms with van der Waals surface area (Å²) in [5.74, 6) is 0. The molecule has 4 heteroatoms. The zero-order valence-electron chi connectivity index (χ0n) is 11.7. The van der Waals surface area contributed by atoms with E-state index in [9.17, 15) is 5.11 Å². The van der Waals surface area contributed by atoms with E-state index in [1.165, 1.54) is 5.56 Å². The summed E-state index contributed by atoms with van der Waals surface area (Å²) in [6.45, 7) is 7.11. The van der Waals surface area contributed by atoms with Gasteiger partial charge >= 0.3 is 0 Å². The number of nitrogens with zero attached hydrogens (tertiary/aromatic N) is 2. The minimum atomic E-state index is 0.0911. The maximum Gasteiger partial charge on any atom is 0.0702 e. The molecule has 0 amide bonds. The molecule has 106 valence electrons. The summed E-state index contributed by atoms with van der Waals surface area (Å²) in [7, 11) is 0. The molecular weight excluding hydrogens is 240 g/mol. The molecule has 1 heterocycles. The lowest BCUT2D eigenvalue weighted by Gasteiger charge is -2.25. The Morgan fingerprint density at radius 1 is 1.11 bits per heavy atom. The van der Waals surface area contributed by atoms with Gasteiger partial charge in [-0.3, -0.25) is 4.90 Å². The Kier molecular flexibility index (Phi) is 5.19. The molecule has 1 saturated heterocycles. The highest BCUT2D eigenvalue weighted by atomic mass is 16.3. The molecule has 0 radical (unpaired) electrons. The van der Waals surface area contributed by atoms with E-state index in [1.54, 1.807) is 0 Å². The Labute approximate surface area is 115 Å². The van der Waals surface area contributed by atoms with Crippen molar-refractivity contribution in [1.82, 2.24) is 4.90 Å². The van der Waals surface area contributed by atoms with Crippen molar-refractivity contribution in [3.8, 4) is 0 Å². The van der Waals surface area contributed by atoms with E-state index < -0.39 is 0 Å². The van der Waals surface area contributed by atoms with E-state index in [0.29, 0.717) is 0 Å². The first-order valence-electron chi connectivity index (χ1n) is 7.03. The first kappa shape index (κ1) is 14.3. The van der Waals surface area contributed by atoms with Gasteiger partial charge in [0.25, 0.3) is 0 Å². The number of aryl methyl sites for hydroxylation is 1. The van der Waals surface area contributed by atoms with Crippen LogP contribution in [0.15, 0.2) is 18.2 Å². The Balaban J connectivity index is 2.09. The Morgan fingerprint density at radius 2 is 1.95 bits per heavy atom. The Morgan fingerprint density at radius 3 is 2.68 bits per heavy atom. The van der Waals surface area contributed by atoms with Crippen LogP contribution in [0, 0.1) is 6.92 Å². The highest BCUT2D eigenvalue weighted by Gasteiger charge is 2.16. The lowest BCUT2D eigenvalue weighted by Crippen LogP contribution is -2.32. The summed E-state index contributed by atoms with van der Waals surface area (Å²) in [6, 6.07) is 6.28. The van der Waals surface area contributed by atoms with Crippen molar-refractivity contribution in [1.29, 1.82) is 0 Å². The van der Waals surface area contributed by atoms with E-state index >= 15 is 0 Å². The van der Waals surface area contributed by atoms with Crippen LogP contribution in [0.5, 0.6) is 0 Å². The number of aliphatic hydroxyl groups is 2. The van der Waals surface area contributed by atoms with E-state index in [-0.39, 0.29) is 13.2 Å². The topological polar surface area (TPSA) is 46.9 Å². The summed E-state index contributed by atoms with van der Waals surface area (Å²) in [5.41, 5.74) is 3.35. The van der Waals surface area contributed by atoms with Crippen LogP contribution in [0.25, 0.3) is 0 Å². The third kappa shape index (κ3) is 3.69. The Hall–Kier alpha value is -1.10. The van der Waals surface area contributed by atoms with Crippen LogP contribution in [0.4, 0.5) is 5.69 Å². The third-order valence-electron chi connectivity index (χ3n) is 3.75. The van der Waals surface area contributed by atoms with E-state index in [2.05, 4.69) is 28.0 Å². The van der Waals surface area contributed by atoms with Crippen LogP contribution in [0.1, 0.15) is 17.5 Å². The van der Waals surface area contributed by atoms with Crippen molar-refractivity contribution >= 4 is 5.69 Å². The van der Waals surface area contributed by atoms with Crippen LogP contribution < -0.4 is 4.90 Å². The van der Waals surface area contributed by atoms with Gasteiger partial charge < -0.3 is 15.1 Å². The molecule has 0 saturated carbocycles. The van der Waals surface area contributed by atoms with Crippen LogP contribution >= 0.6 is 0 Å². The van der Waals surface area contributed by atoms with Crippen LogP contribution in [-0.2, 0) is 6.61 Å². The smallest absolute Gasteiger partial charge is 0.0702 e. The molecule has 1 aliphatic heterocycles. The summed E-state index contributed by atoms with van der Waals surface area (Å²) in [5, 5.41) is 18.5. The number of hydrogen-bond donors (Lipinski definition) is 2. The van der Waals surface area contributed by atoms with Gasteiger partial charge in [0.1, 0.15) is 0 Å². The minimum Gasteiger partial charge on any atom is -0.395 e. The van der Waals surface area contributed by atoms with E-state index in [4.69, 9.17) is 5.11 Å². The molecular formula is C15H24N2O2. The summed E-state index contributed by atoms with van der Waals surface area (Å²) < 4.78 is 0. The molecule has 0 unspecified atom stereocenters. The average molecular weight is 264 g/mol. The largest absolute Gasteiger partial charge is 0.395 e. The van der Waals surface area contributed by atoms with Crippen LogP contribution in [-0.4, -0.2) is 54.4 Å². The highest BCUT2D eigenvalue weighted by Crippen LogP contribution is 2.23. The van der Waals surface area contributed by atoms with E-state index in [1.807, 2.05) is 6.92 Å². The van der Waals surface area contributed by atoms with E-state index in [0.717, 1.165) is 50.4 Å². The van der Waals surface area contributed by atoms with Gasteiger partial charge in [0.15, 0.2) is 0 Å². The fourth-order valence-electron chi connectivity index (χ4n) is 2.73. The number of rotatable bonds is 4. The first-order valence-corrected chi connectivity index (χ1v) is 7.03. The van der Waals surface area contributed by atoms with Crippen molar-refractivity contribution in [2.24, 2.45) is 0 Å². The van der Waals surface area contributed by atoms with Crippen molar-refractivity contribution in [3.63, 3.8) is 0 Å². The van der Waals surface area contributed by atoms with Crippen molar-refractivity contribution in [2.45, 2.75) is 20.0 Å². The quantitative estimate of drug-likeness (QED) is 0.851. The normalized spacial score (nSPS) is 17.5. The lowest BCUT2D eigenvalue weighted by atomic mass is 10.1. The molecule has 1 aromatic carbocycles. The van der Waals surface area contributed by atoms with Gasteiger partial charge in [0.2, 0.25) is 0 Å². The fourth-order valence-corrected chi connectivity index (χ4v) is 2.73. The molecule has 0 spiro atoms. The number of aliphatic hydroxyl groups excluding tert-OH is 2. The van der Waals surface area contributed by atoms with Gasteiger partial charge in [0, 0.05) is 37.4 Å².